The van der Waals surface area contributed by atoms with Crippen LogP contribution in [-0.2, 0) is 38.0 Å². The SMILES string of the molecule is CCCCCCCCCCCCCCCCCC(=O)NC(CO[C@@H]1OC(CO)[C@@H](O[C@@H]2OC(CO)[C@H](O[C@H]3OC(CO)[C@@]4(O)O[C@H]4C3O)[C@@H](O)C2O)[C@@H](O)C1O)C(O)CCCCCCCCCCCCCCC. The summed E-state index contributed by atoms with van der Waals surface area (Å²) in [5.41, 5.74) is 0. The first-order chi connectivity index (χ1) is 35.3. The number of aliphatic hydroxyl groups is 10. The fourth-order valence-corrected chi connectivity index (χ4v) is 10.5. The van der Waals surface area contributed by atoms with Gasteiger partial charge in [0.1, 0.15) is 67.1 Å². The maximum absolute atomic E-state index is 13.3. The maximum Gasteiger partial charge on any atom is 0.225 e. The van der Waals surface area contributed by atoms with Crippen LogP contribution >= 0.6 is 0 Å². The Labute approximate surface area is 436 Å². The Morgan fingerprint density at radius 1 is 0.521 bits per heavy atom. The van der Waals surface area contributed by atoms with Crippen molar-refractivity contribution < 1.29 is 89.0 Å². The Bertz CT molecular complexity index is 1420. The average molecular weight is 1050 g/mol. The molecule has 4 fully saturated rings. The molecule has 0 aliphatic carbocycles. The van der Waals surface area contributed by atoms with E-state index in [-0.39, 0.29) is 18.9 Å². The Balaban J connectivity index is 1.24. The fourth-order valence-electron chi connectivity index (χ4n) is 10.5. The van der Waals surface area contributed by atoms with E-state index in [0.717, 1.165) is 44.9 Å². The Morgan fingerprint density at radius 3 is 1.36 bits per heavy atom. The van der Waals surface area contributed by atoms with Crippen LogP contribution < -0.4 is 5.32 Å². The van der Waals surface area contributed by atoms with Crippen molar-refractivity contribution >= 4 is 5.91 Å². The van der Waals surface area contributed by atoms with E-state index in [1.807, 2.05) is 0 Å². The van der Waals surface area contributed by atoms with E-state index in [4.69, 9.17) is 33.2 Å². The highest BCUT2D eigenvalue weighted by Crippen LogP contribution is 2.47. The van der Waals surface area contributed by atoms with Crippen molar-refractivity contribution in [3.8, 4) is 0 Å². The number of aliphatic hydroxyl groups excluding tert-OH is 9. The summed E-state index contributed by atoms with van der Waals surface area (Å²) in [5.74, 6) is -2.16. The van der Waals surface area contributed by atoms with E-state index in [1.54, 1.807) is 0 Å². The molecule has 8 unspecified atom stereocenters. The van der Waals surface area contributed by atoms with Gasteiger partial charge in [0.25, 0.3) is 0 Å². The number of nitrogens with one attached hydrogen (secondary N) is 1. The second kappa shape index (κ2) is 36.1. The highest BCUT2D eigenvalue weighted by molar-refractivity contribution is 5.76. The van der Waals surface area contributed by atoms with Gasteiger partial charge in [0.2, 0.25) is 11.7 Å². The third-order valence-corrected chi connectivity index (χ3v) is 15.3. The normalized spacial score (nSPS) is 33.1. The highest BCUT2D eigenvalue weighted by atomic mass is 16.8. The maximum atomic E-state index is 13.3. The first-order valence-electron chi connectivity index (χ1n) is 28.8. The summed E-state index contributed by atoms with van der Waals surface area (Å²) in [6, 6.07) is -0.869. The Kier molecular flexibility index (Phi) is 31.8. The van der Waals surface area contributed by atoms with Gasteiger partial charge in [0.15, 0.2) is 18.9 Å². The van der Waals surface area contributed by atoms with E-state index in [0.29, 0.717) is 12.8 Å². The smallest absolute Gasteiger partial charge is 0.225 e. The summed E-state index contributed by atoms with van der Waals surface area (Å²) >= 11 is 0. The molecule has 0 aromatic rings. The number of fused-ring (bicyclic) bond motifs is 1. The van der Waals surface area contributed by atoms with Gasteiger partial charge in [0, 0.05) is 6.42 Å². The second-order valence-electron chi connectivity index (χ2n) is 21.4. The lowest BCUT2D eigenvalue weighted by Gasteiger charge is -2.47. The van der Waals surface area contributed by atoms with Crippen molar-refractivity contribution in [3.05, 3.63) is 0 Å². The van der Waals surface area contributed by atoms with Crippen molar-refractivity contribution in [2.75, 3.05) is 26.4 Å². The summed E-state index contributed by atoms with van der Waals surface area (Å²) in [6.07, 6.45) is 10.9. The predicted octanol–water partition coefficient (Wildman–Crippen LogP) is 4.41. The van der Waals surface area contributed by atoms with Crippen LogP contribution in [0.25, 0.3) is 0 Å². The molecule has 0 aromatic heterocycles. The van der Waals surface area contributed by atoms with Gasteiger partial charge in [0.05, 0.1) is 38.6 Å². The Morgan fingerprint density at radius 2 is 0.918 bits per heavy atom. The number of carbonyl (C=O) groups is 1. The molecule has 4 aliphatic rings. The minimum Gasteiger partial charge on any atom is -0.394 e. The van der Waals surface area contributed by atoms with Gasteiger partial charge in [-0.1, -0.05) is 187 Å². The Hall–Kier alpha value is -1.21. The van der Waals surface area contributed by atoms with E-state index < -0.39 is 124 Å². The minimum atomic E-state index is -1.93. The zero-order chi connectivity index (χ0) is 53.0. The molecule has 0 spiro atoms. The number of epoxide rings is 1. The van der Waals surface area contributed by atoms with E-state index >= 15 is 0 Å². The summed E-state index contributed by atoms with van der Waals surface area (Å²) < 4.78 is 39.7. The average Bonchev–Trinajstić information content (AvgIpc) is 4.10. The number of ether oxygens (including phenoxy) is 7. The highest BCUT2D eigenvalue weighted by Gasteiger charge is 2.70. The number of rotatable bonds is 42. The van der Waals surface area contributed by atoms with Crippen molar-refractivity contribution in [2.45, 2.75) is 310 Å². The molecule has 11 N–H and O–H groups in total. The predicted molar refractivity (Wildman–Crippen MR) is 271 cm³/mol. The van der Waals surface area contributed by atoms with Crippen LogP contribution in [0.4, 0.5) is 0 Å². The molecule has 73 heavy (non-hydrogen) atoms. The van der Waals surface area contributed by atoms with Gasteiger partial charge < -0.3 is 89.5 Å². The van der Waals surface area contributed by atoms with Crippen molar-refractivity contribution in [1.82, 2.24) is 5.32 Å². The van der Waals surface area contributed by atoms with Gasteiger partial charge in [-0.05, 0) is 12.8 Å². The largest absolute Gasteiger partial charge is 0.394 e. The van der Waals surface area contributed by atoms with Crippen molar-refractivity contribution in [3.63, 3.8) is 0 Å². The molecule has 4 saturated heterocycles. The van der Waals surface area contributed by atoms with Gasteiger partial charge in [-0.25, -0.2) is 0 Å². The van der Waals surface area contributed by atoms with Crippen molar-refractivity contribution in [2.24, 2.45) is 0 Å². The summed E-state index contributed by atoms with van der Waals surface area (Å²) in [7, 11) is 0. The molecule has 4 heterocycles. The molecule has 0 bridgehead atoms. The number of amides is 1. The zero-order valence-electron chi connectivity index (χ0n) is 44.5. The molecule has 1 amide bonds. The lowest BCUT2D eigenvalue weighted by atomic mass is 9.96. The topological polar surface area (TPSA) is 299 Å². The number of hydrogen-bond acceptors (Lipinski definition) is 18. The van der Waals surface area contributed by atoms with Crippen LogP contribution in [0.3, 0.4) is 0 Å². The van der Waals surface area contributed by atoms with Gasteiger partial charge in [-0.3, -0.25) is 4.79 Å². The molecule has 4 aliphatic heterocycles. The lowest BCUT2D eigenvalue weighted by Crippen LogP contribution is -2.66. The molecule has 17 atom stereocenters. The van der Waals surface area contributed by atoms with E-state index in [9.17, 15) is 55.9 Å². The summed E-state index contributed by atoms with van der Waals surface area (Å²) in [6.45, 7) is 1.92. The molecular formula is C54H101NO18. The number of carbonyl (C=O) groups excluding carboxylic acids is 1. The first kappa shape index (κ1) is 64.3. The molecule has 0 aromatic carbocycles. The standard InChI is InChI=1S/C54H101NO18/c1-3-5-7-9-11-13-15-17-18-20-22-24-26-28-30-32-42(60)55-37(38(59)31-29-27-25-23-21-19-16-14-12-10-8-6-4-2)36-67-51-45(63)43(61)48(39(33-56)68-51)71-52-46(64)44(62)49(40(34-57)69-52)72-53-47(65)50-54(66,73-50)41(35-58)70-53/h37-41,43-53,56-59,61-66H,3-36H2,1-2H3,(H,55,60)/t37?,38?,39?,40?,41?,43-,44-,45?,46?,47?,48+,49-,50-,51+,52-,53+,54+/m0/s1. The molecule has 19 heteroatoms. The van der Waals surface area contributed by atoms with E-state index in [2.05, 4.69) is 19.2 Å². The quantitative estimate of drug-likeness (QED) is 0.0298. The van der Waals surface area contributed by atoms with Gasteiger partial charge in [-0.15, -0.1) is 0 Å². The van der Waals surface area contributed by atoms with Crippen LogP contribution in [0.2, 0.25) is 0 Å². The second-order valence-corrected chi connectivity index (χ2v) is 21.4. The van der Waals surface area contributed by atoms with Crippen LogP contribution in [0.5, 0.6) is 0 Å². The van der Waals surface area contributed by atoms with E-state index in [1.165, 1.54) is 128 Å². The molecule has 4 rings (SSSR count). The summed E-state index contributed by atoms with van der Waals surface area (Å²) in [5, 5.41) is 110. The number of hydrogen-bond donors (Lipinski definition) is 11. The zero-order valence-corrected chi connectivity index (χ0v) is 44.5. The first-order valence-corrected chi connectivity index (χ1v) is 28.8. The van der Waals surface area contributed by atoms with Gasteiger partial charge >= 0.3 is 0 Å². The van der Waals surface area contributed by atoms with Crippen LogP contribution in [0, 0.1) is 0 Å². The molecule has 430 valence electrons. The molecule has 0 saturated carbocycles. The monoisotopic (exact) mass is 1050 g/mol. The van der Waals surface area contributed by atoms with Gasteiger partial charge in [-0.2, -0.15) is 0 Å². The lowest BCUT2D eigenvalue weighted by molar-refractivity contribution is -0.375. The van der Waals surface area contributed by atoms with Crippen LogP contribution in [0.15, 0.2) is 0 Å². The minimum absolute atomic E-state index is 0.234. The van der Waals surface area contributed by atoms with Crippen molar-refractivity contribution in [1.29, 1.82) is 0 Å². The number of unbranched alkanes of at least 4 members (excludes halogenated alkanes) is 26. The summed E-state index contributed by atoms with van der Waals surface area (Å²) in [4.78, 5) is 13.3. The van der Waals surface area contributed by atoms with Crippen LogP contribution in [0.1, 0.15) is 206 Å². The third kappa shape index (κ3) is 21.5. The fraction of sp³-hybridized carbons (Fsp3) is 0.981. The third-order valence-electron chi connectivity index (χ3n) is 15.3. The molecular weight excluding hydrogens is 951 g/mol. The molecule has 19 nitrogen and oxygen atoms in total. The molecule has 0 radical (unpaired) electrons. The van der Waals surface area contributed by atoms with Crippen LogP contribution in [-0.4, -0.2) is 187 Å².